The van der Waals surface area contributed by atoms with Crippen molar-refractivity contribution in [2.75, 3.05) is 26.4 Å². The minimum Gasteiger partial charge on any atom is -0.354 e. The second-order valence-corrected chi connectivity index (χ2v) is 9.29. The van der Waals surface area contributed by atoms with Crippen LogP contribution < -0.4 is 10.6 Å². The van der Waals surface area contributed by atoms with Crippen LogP contribution in [0.25, 0.3) is 0 Å². The van der Waals surface area contributed by atoms with Crippen LogP contribution >= 0.6 is 0 Å². The average Bonchev–Trinajstić information content (AvgIpc) is 2.56. The predicted octanol–water partition coefficient (Wildman–Crippen LogP) is 1.54. The Morgan fingerprint density at radius 3 is 2.37 bits per heavy atom. The number of hydrogen-bond acceptors (Lipinski definition) is 4. The maximum atomic E-state index is 12.5. The number of benzene rings is 1. The normalized spacial score (nSPS) is 12.9. The molecule has 0 aliphatic carbocycles. The molecule has 0 spiro atoms. The quantitative estimate of drug-likeness (QED) is 0.586. The number of amides is 2. The van der Waals surface area contributed by atoms with Crippen molar-refractivity contribution in [2.45, 2.75) is 39.7 Å². The number of nitrogens with zero attached hydrogens (tertiary/aromatic N) is 1. The van der Waals surface area contributed by atoms with Gasteiger partial charge in [-0.15, -0.1) is 0 Å². The van der Waals surface area contributed by atoms with E-state index in [-0.39, 0.29) is 17.7 Å². The zero-order valence-corrected chi connectivity index (χ0v) is 17.6. The van der Waals surface area contributed by atoms with Gasteiger partial charge in [-0.1, -0.05) is 32.0 Å². The van der Waals surface area contributed by atoms with Gasteiger partial charge in [-0.3, -0.25) is 9.59 Å². The largest absolute Gasteiger partial charge is 0.354 e. The van der Waals surface area contributed by atoms with E-state index in [1.54, 1.807) is 12.1 Å². The van der Waals surface area contributed by atoms with Crippen LogP contribution in [0.3, 0.4) is 0 Å². The lowest BCUT2D eigenvalue weighted by Gasteiger charge is -2.21. The van der Waals surface area contributed by atoms with E-state index in [0.717, 1.165) is 11.8 Å². The van der Waals surface area contributed by atoms with Crippen molar-refractivity contribution in [3.05, 3.63) is 35.4 Å². The molecule has 1 aromatic rings. The van der Waals surface area contributed by atoms with Gasteiger partial charge in [0, 0.05) is 25.7 Å². The molecule has 1 aromatic carbocycles. The van der Waals surface area contributed by atoms with Crippen LogP contribution in [-0.4, -0.2) is 57.0 Å². The fraction of sp³-hybridized carbons (Fsp3) is 0.579. The number of aryl methyl sites for hydroxylation is 1. The Hall–Kier alpha value is -1.93. The zero-order valence-electron chi connectivity index (χ0n) is 16.8. The van der Waals surface area contributed by atoms with Gasteiger partial charge in [-0.25, -0.2) is 12.7 Å². The molecule has 152 valence electrons. The number of carbonyl (C=O) groups is 2. The fourth-order valence-electron chi connectivity index (χ4n) is 2.57. The lowest BCUT2D eigenvalue weighted by Crippen LogP contribution is -2.48. The highest BCUT2D eigenvalue weighted by Gasteiger charge is 2.23. The molecule has 0 saturated carbocycles. The Balaban J connectivity index is 2.64. The van der Waals surface area contributed by atoms with Gasteiger partial charge < -0.3 is 10.6 Å². The first kappa shape index (κ1) is 23.1. The van der Waals surface area contributed by atoms with Gasteiger partial charge in [-0.2, -0.15) is 0 Å². The maximum Gasteiger partial charge on any atom is 0.252 e. The highest BCUT2D eigenvalue weighted by molar-refractivity contribution is 7.88. The first-order chi connectivity index (χ1) is 12.5. The molecule has 0 saturated heterocycles. The molecule has 1 rings (SSSR count). The summed E-state index contributed by atoms with van der Waals surface area (Å²) >= 11 is 0. The van der Waals surface area contributed by atoms with Gasteiger partial charge in [0.2, 0.25) is 15.9 Å². The topological polar surface area (TPSA) is 95.6 Å². The number of carbonyl (C=O) groups excluding carboxylic acids is 2. The van der Waals surface area contributed by atoms with E-state index in [1.807, 2.05) is 32.9 Å². The third kappa shape index (κ3) is 8.09. The molecule has 2 amide bonds. The number of nitrogens with one attached hydrogen (secondary N) is 2. The number of rotatable bonds is 10. The summed E-state index contributed by atoms with van der Waals surface area (Å²) in [5, 5.41) is 5.61. The Morgan fingerprint density at radius 1 is 1.19 bits per heavy atom. The lowest BCUT2D eigenvalue weighted by atomic mass is 10.0. The summed E-state index contributed by atoms with van der Waals surface area (Å²) in [6.07, 6.45) is 2.16. The Morgan fingerprint density at radius 2 is 1.81 bits per heavy atom. The van der Waals surface area contributed by atoms with Gasteiger partial charge >= 0.3 is 0 Å². The summed E-state index contributed by atoms with van der Waals surface area (Å²) in [5.41, 5.74) is 1.40. The molecular weight excluding hydrogens is 366 g/mol. The fourth-order valence-corrected chi connectivity index (χ4v) is 3.03. The van der Waals surface area contributed by atoms with Crippen LogP contribution in [0.15, 0.2) is 24.3 Å². The molecule has 0 aromatic heterocycles. The molecule has 0 radical (unpaired) electrons. The van der Waals surface area contributed by atoms with E-state index in [9.17, 15) is 18.0 Å². The van der Waals surface area contributed by atoms with E-state index < -0.39 is 16.1 Å². The molecule has 1 unspecified atom stereocenters. The second-order valence-electron chi connectivity index (χ2n) is 7.20. The third-order valence-electron chi connectivity index (χ3n) is 4.23. The van der Waals surface area contributed by atoms with Crippen LogP contribution in [0.1, 0.15) is 42.6 Å². The molecule has 8 heteroatoms. The third-order valence-corrected chi connectivity index (χ3v) is 5.55. The first-order valence-corrected chi connectivity index (χ1v) is 10.9. The molecular formula is C19H31N3O4S. The molecule has 1 atom stereocenters. The van der Waals surface area contributed by atoms with E-state index in [2.05, 4.69) is 10.6 Å². The predicted molar refractivity (Wildman–Crippen MR) is 107 cm³/mol. The molecule has 0 heterocycles. The van der Waals surface area contributed by atoms with Crippen LogP contribution in [0.5, 0.6) is 0 Å². The summed E-state index contributed by atoms with van der Waals surface area (Å²) < 4.78 is 24.0. The minimum absolute atomic E-state index is 0.231. The van der Waals surface area contributed by atoms with E-state index >= 15 is 0 Å². The summed E-state index contributed by atoms with van der Waals surface area (Å²) in [6.45, 7) is 6.49. The molecule has 2 N–H and O–H groups in total. The van der Waals surface area contributed by atoms with E-state index in [4.69, 9.17) is 0 Å². The van der Waals surface area contributed by atoms with Crippen molar-refractivity contribution in [1.29, 1.82) is 0 Å². The van der Waals surface area contributed by atoms with Gasteiger partial charge in [0.05, 0.1) is 6.26 Å². The van der Waals surface area contributed by atoms with Gasteiger partial charge in [0.1, 0.15) is 6.04 Å². The van der Waals surface area contributed by atoms with Crippen molar-refractivity contribution >= 4 is 21.8 Å². The van der Waals surface area contributed by atoms with Crippen LogP contribution in [0.2, 0.25) is 0 Å². The summed E-state index contributed by atoms with van der Waals surface area (Å²) in [4.78, 5) is 25.0. The van der Waals surface area contributed by atoms with Gasteiger partial charge in [0.25, 0.3) is 5.91 Å². The van der Waals surface area contributed by atoms with E-state index in [1.165, 1.54) is 11.4 Å². The number of sulfonamides is 1. The minimum atomic E-state index is -3.22. The SMILES string of the molecule is Cc1ccccc1C(=O)NC(CC(C)C)C(=O)NCCCN(C)S(C)(=O)=O. The Labute approximate surface area is 162 Å². The molecule has 0 bridgehead atoms. The smallest absolute Gasteiger partial charge is 0.252 e. The van der Waals surface area contributed by atoms with E-state index in [0.29, 0.717) is 31.5 Å². The molecule has 0 aliphatic heterocycles. The molecule has 0 aliphatic rings. The Kier molecular flexibility index (Phi) is 8.92. The lowest BCUT2D eigenvalue weighted by molar-refractivity contribution is -0.123. The van der Waals surface area contributed by atoms with Crippen molar-refractivity contribution in [3.63, 3.8) is 0 Å². The zero-order chi connectivity index (χ0) is 20.6. The highest BCUT2D eigenvalue weighted by Crippen LogP contribution is 2.10. The van der Waals surface area contributed by atoms with Crippen LogP contribution in [0, 0.1) is 12.8 Å². The average molecular weight is 398 g/mol. The molecule has 0 fully saturated rings. The van der Waals surface area contributed by atoms with Crippen LogP contribution in [0.4, 0.5) is 0 Å². The van der Waals surface area contributed by atoms with Crippen molar-refractivity contribution < 1.29 is 18.0 Å². The summed E-state index contributed by atoms with van der Waals surface area (Å²) in [7, 11) is -1.72. The number of hydrogen-bond donors (Lipinski definition) is 2. The molecule has 27 heavy (non-hydrogen) atoms. The monoisotopic (exact) mass is 397 g/mol. The van der Waals surface area contributed by atoms with Crippen molar-refractivity contribution in [1.82, 2.24) is 14.9 Å². The highest BCUT2D eigenvalue weighted by atomic mass is 32.2. The maximum absolute atomic E-state index is 12.5. The molecule has 7 nitrogen and oxygen atoms in total. The first-order valence-electron chi connectivity index (χ1n) is 9.08. The van der Waals surface area contributed by atoms with Crippen molar-refractivity contribution in [2.24, 2.45) is 5.92 Å². The van der Waals surface area contributed by atoms with Gasteiger partial charge in [0.15, 0.2) is 0 Å². The Bertz CT molecular complexity index is 747. The standard InChI is InChI=1S/C19H31N3O4S/c1-14(2)13-17(21-18(23)16-10-7-6-9-15(16)3)19(24)20-11-8-12-22(4)27(5,25)26/h6-7,9-10,14,17H,8,11-13H2,1-5H3,(H,20,24)(H,21,23). The van der Waals surface area contributed by atoms with Gasteiger partial charge in [-0.05, 0) is 37.3 Å². The second kappa shape index (κ2) is 10.4. The summed E-state index contributed by atoms with van der Waals surface area (Å²) in [5.74, 6) is -0.298. The van der Waals surface area contributed by atoms with Crippen molar-refractivity contribution in [3.8, 4) is 0 Å². The summed E-state index contributed by atoms with van der Waals surface area (Å²) in [6, 6.07) is 6.60. The van der Waals surface area contributed by atoms with Crippen LogP contribution in [-0.2, 0) is 14.8 Å².